The van der Waals surface area contributed by atoms with E-state index >= 15 is 0 Å². The van der Waals surface area contributed by atoms with Gasteiger partial charge in [0, 0.05) is 12.3 Å². The Kier molecular flexibility index (Phi) is 2.86. The first-order chi connectivity index (χ1) is 7.79. The third kappa shape index (κ3) is 2.20. The van der Waals surface area contributed by atoms with Crippen LogP contribution in [-0.2, 0) is 0 Å². The normalized spacial score (nSPS) is 9.81. The molecule has 2 heterocycles. The molecule has 0 aromatic carbocycles. The monoisotopic (exact) mass is 216 g/mol. The summed E-state index contributed by atoms with van der Waals surface area (Å²) in [6.45, 7) is 0. The number of pyridine rings is 2. The minimum absolute atomic E-state index is 0.577. The molecule has 0 bridgehead atoms. The van der Waals surface area contributed by atoms with Crippen LogP contribution < -0.4 is 15.8 Å². The lowest BCUT2D eigenvalue weighted by molar-refractivity contribution is 0.398. The average Bonchev–Trinajstić information content (AvgIpc) is 2.33. The van der Waals surface area contributed by atoms with E-state index in [-0.39, 0.29) is 0 Å². The second-order valence-corrected chi connectivity index (χ2v) is 3.18. The van der Waals surface area contributed by atoms with E-state index in [0.717, 1.165) is 11.4 Å². The van der Waals surface area contributed by atoms with Gasteiger partial charge in [-0.3, -0.25) is 4.98 Å². The van der Waals surface area contributed by atoms with E-state index < -0.39 is 0 Å². The first kappa shape index (κ1) is 10.2. The Bertz CT molecular complexity index is 470. The maximum atomic E-state index is 5.75. The second-order valence-electron chi connectivity index (χ2n) is 3.18. The third-order valence-electron chi connectivity index (χ3n) is 2.08. The molecule has 3 N–H and O–H groups in total. The molecule has 0 spiro atoms. The van der Waals surface area contributed by atoms with Crippen molar-refractivity contribution < 1.29 is 4.74 Å². The van der Waals surface area contributed by atoms with Crippen molar-refractivity contribution in [3.05, 3.63) is 36.8 Å². The summed E-state index contributed by atoms with van der Waals surface area (Å²) in [7, 11) is 1.58. The number of hydrogen-bond donors (Lipinski definition) is 2. The Morgan fingerprint density at radius 1 is 1.25 bits per heavy atom. The zero-order valence-electron chi connectivity index (χ0n) is 8.84. The van der Waals surface area contributed by atoms with E-state index in [1.165, 1.54) is 0 Å². The molecule has 0 atom stereocenters. The van der Waals surface area contributed by atoms with Crippen LogP contribution in [0.1, 0.15) is 0 Å². The molecule has 2 rings (SSSR count). The standard InChI is InChI=1S/C11H12N4O/c1-16-11-3-2-8(6-14-11)15-10-4-5-13-7-9(10)12/h2-7H,12H2,1H3,(H,13,15). The minimum Gasteiger partial charge on any atom is -0.481 e. The molecule has 0 aliphatic carbocycles. The molecule has 5 nitrogen and oxygen atoms in total. The van der Waals surface area contributed by atoms with Gasteiger partial charge in [-0.15, -0.1) is 0 Å². The van der Waals surface area contributed by atoms with Crippen molar-refractivity contribution in [3.63, 3.8) is 0 Å². The smallest absolute Gasteiger partial charge is 0.213 e. The SMILES string of the molecule is COc1ccc(Nc2ccncc2N)cn1. The molecular weight excluding hydrogens is 204 g/mol. The highest BCUT2D eigenvalue weighted by molar-refractivity contribution is 5.70. The van der Waals surface area contributed by atoms with Crippen LogP contribution in [0.3, 0.4) is 0 Å². The van der Waals surface area contributed by atoms with Gasteiger partial charge < -0.3 is 15.8 Å². The average molecular weight is 216 g/mol. The molecule has 2 aromatic heterocycles. The Morgan fingerprint density at radius 2 is 2.12 bits per heavy atom. The molecule has 16 heavy (non-hydrogen) atoms. The van der Waals surface area contributed by atoms with Crippen LogP contribution in [0.4, 0.5) is 17.1 Å². The topological polar surface area (TPSA) is 73.1 Å². The maximum absolute atomic E-state index is 5.75. The molecule has 0 fully saturated rings. The molecule has 0 aliphatic rings. The van der Waals surface area contributed by atoms with Gasteiger partial charge in [0.25, 0.3) is 0 Å². The first-order valence-corrected chi connectivity index (χ1v) is 4.76. The van der Waals surface area contributed by atoms with Crippen molar-refractivity contribution in [3.8, 4) is 5.88 Å². The summed E-state index contributed by atoms with van der Waals surface area (Å²) >= 11 is 0. The van der Waals surface area contributed by atoms with Crippen LogP contribution in [-0.4, -0.2) is 17.1 Å². The fourth-order valence-electron chi connectivity index (χ4n) is 1.25. The lowest BCUT2D eigenvalue weighted by Crippen LogP contribution is -1.97. The lowest BCUT2D eigenvalue weighted by atomic mass is 10.3. The molecule has 0 unspecified atom stereocenters. The van der Waals surface area contributed by atoms with E-state index in [2.05, 4.69) is 15.3 Å². The predicted octanol–water partition coefficient (Wildman–Crippen LogP) is 1.81. The van der Waals surface area contributed by atoms with Crippen LogP contribution in [0.15, 0.2) is 36.8 Å². The Morgan fingerprint density at radius 3 is 2.75 bits per heavy atom. The van der Waals surface area contributed by atoms with E-state index in [1.54, 1.807) is 37.8 Å². The van der Waals surface area contributed by atoms with Crippen molar-refractivity contribution in [2.24, 2.45) is 0 Å². The van der Waals surface area contributed by atoms with Gasteiger partial charge in [-0.1, -0.05) is 0 Å². The number of nitrogen functional groups attached to an aromatic ring is 1. The number of anilines is 3. The molecule has 0 aliphatic heterocycles. The number of nitrogens with one attached hydrogen (secondary N) is 1. The summed E-state index contributed by atoms with van der Waals surface area (Å²) in [6, 6.07) is 5.45. The van der Waals surface area contributed by atoms with Crippen molar-refractivity contribution in [1.82, 2.24) is 9.97 Å². The summed E-state index contributed by atoms with van der Waals surface area (Å²) in [4.78, 5) is 8.00. The van der Waals surface area contributed by atoms with Crippen molar-refractivity contribution in [1.29, 1.82) is 0 Å². The predicted molar refractivity (Wildman–Crippen MR) is 62.7 cm³/mol. The van der Waals surface area contributed by atoms with Gasteiger partial charge in [0.2, 0.25) is 5.88 Å². The van der Waals surface area contributed by atoms with E-state index in [1.807, 2.05) is 6.07 Å². The van der Waals surface area contributed by atoms with Gasteiger partial charge in [-0.05, 0) is 12.1 Å². The quantitative estimate of drug-likeness (QED) is 0.818. The number of ether oxygens (including phenoxy) is 1. The maximum Gasteiger partial charge on any atom is 0.213 e. The zero-order valence-corrected chi connectivity index (χ0v) is 8.84. The van der Waals surface area contributed by atoms with Gasteiger partial charge in [0.1, 0.15) is 0 Å². The fourth-order valence-corrected chi connectivity index (χ4v) is 1.25. The summed E-state index contributed by atoms with van der Waals surface area (Å²) in [6.07, 6.45) is 4.95. The molecule has 0 amide bonds. The summed E-state index contributed by atoms with van der Waals surface area (Å²) < 4.78 is 4.97. The number of nitrogens with two attached hydrogens (primary N) is 1. The molecular formula is C11H12N4O. The largest absolute Gasteiger partial charge is 0.481 e. The molecule has 0 saturated carbocycles. The van der Waals surface area contributed by atoms with Crippen molar-refractivity contribution in [2.45, 2.75) is 0 Å². The molecule has 82 valence electrons. The zero-order chi connectivity index (χ0) is 11.4. The van der Waals surface area contributed by atoms with E-state index in [9.17, 15) is 0 Å². The number of methoxy groups -OCH3 is 1. The van der Waals surface area contributed by atoms with Crippen LogP contribution in [0.25, 0.3) is 0 Å². The second kappa shape index (κ2) is 4.48. The van der Waals surface area contributed by atoms with Gasteiger partial charge in [-0.25, -0.2) is 4.98 Å². The Labute approximate surface area is 93.3 Å². The van der Waals surface area contributed by atoms with Crippen LogP contribution >= 0.6 is 0 Å². The van der Waals surface area contributed by atoms with Gasteiger partial charge >= 0.3 is 0 Å². The summed E-state index contributed by atoms with van der Waals surface area (Å²) in [5.41, 5.74) is 8.00. The Balaban J connectivity index is 2.18. The number of aromatic nitrogens is 2. The number of rotatable bonds is 3. The number of nitrogens with zero attached hydrogens (tertiary/aromatic N) is 2. The first-order valence-electron chi connectivity index (χ1n) is 4.76. The molecule has 0 radical (unpaired) electrons. The highest BCUT2D eigenvalue weighted by atomic mass is 16.5. The van der Waals surface area contributed by atoms with E-state index in [4.69, 9.17) is 10.5 Å². The lowest BCUT2D eigenvalue weighted by Gasteiger charge is -2.08. The molecule has 5 heteroatoms. The molecule has 2 aromatic rings. The minimum atomic E-state index is 0.577. The summed E-state index contributed by atoms with van der Waals surface area (Å²) in [5.74, 6) is 0.577. The number of hydrogen-bond acceptors (Lipinski definition) is 5. The van der Waals surface area contributed by atoms with E-state index in [0.29, 0.717) is 11.6 Å². The van der Waals surface area contributed by atoms with Gasteiger partial charge in [0.05, 0.1) is 36.6 Å². The summed E-state index contributed by atoms with van der Waals surface area (Å²) in [5, 5.41) is 3.14. The van der Waals surface area contributed by atoms with Crippen LogP contribution in [0, 0.1) is 0 Å². The van der Waals surface area contributed by atoms with Crippen LogP contribution in [0.5, 0.6) is 5.88 Å². The third-order valence-corrected chi connectivity index (χ3v) is 2.08. The highest BCUT2D eigenvalue weighted by Crippen LogP contribution is 2.21. The fraction of sp³-hybridized carbons (Fsp3) is 0.0909. The Hall–Kier alpha value is -2.30. The van der Waals surface area contributed by atoms with Gasteiger partial charge in [-0.2, -0.15) is 0 Å². The van der Waals surface area contributed by atoms with Crippen molar-refractivity contribution in [2.75, 3.05) is 18.2 Å². The van der Waals surface area contributed by atoms with Crippen LogP contribution in [0.2, 0.25) is 0 Å². The molecule has 0 saturated heterocycles. The highest BCUT2D eigenvalue weighted by Gasteiger charge is 1.99. The van der Waals surface area contributed by atoms with Crippen molar-refractivity contribution >= 4 is 17.1 Å². The van der Waals surface area contributed by atoms with Gasteiger partial charge in [0.15, 0.2) is 0 Å².